The lowest BCUT2D eigenvalue weighted by Crippen LogP contribution is -2.62. The topological polar surface area (TPSA) is 101 Å². The minimum Gasteiger partial charge on any atom is -0.451 e. The van der Waals surface area contributed by atoms with Crippen LogP contribution in [0.5, 0.6) is 11.5 Å². The van der Waals surface area contributed by atoms with E-state index in [1.807, 2.05) is 18.7 Å². The fourth-order valence-corrected chi connectivity index (χ4v) is 5.86. The molecule has 3 aliphatic rings. The van der Waals surface area contributed by atoms with Crippen molar-refractivity contribution in [2.24, 2.45) is 5.41 Å². The summed E-state index contributed by atoms with van der Waals surface area (Å²) in [6.07, 6.45) is 5.63. The van der Waals surface area contributed by atoms with Gasteiger partial charge < -0.3 is 19.9 Å². The van der Waals surface area contributed by atoms with E-state index in [4.69, 9.17) is 4.74 Å². The molecule has 1 amide bonds. The number of rotatable bonds is 6. The van der Waals surface area contributed by atoms with Gasteiger partial charge >= 0.3 is 0 Å². The summed E-state index contributed by atoms with van der Waals surface area (Å²) in [6, 6.07) is 3.95. The molecule has 0 radical (unpaired) electrons. The highest BCUT2D eigenvalue weighted by Crippen LogP contribution is 2.45. The normalized spacial score (nSPS) is 22.4. The molecule has 1 aromatic carbocycles. The first-order valence-corrected chi connectivity index (χ1v) is 13.4. The zero-order valence-electron chi connectivity index (χ0n) is 22.1. The Balaban J connectivity index is 1.15. The van der Waals surface area contributed by atoms with Crippen LogP contribution in [0.1, 0.15) is 39.2 Å². The zero-order valence-corrected chi connectivity index (χ0v) is 22.1. The van der Waals surface area contributed by atoms with Gasteiger partial charge in [-0.2, -0.15) is 5.10 Å². The Hall–Kier alpha value is -3.67. The molecule has 1 N–H and O–H groups in total. The Morgan fingerprint density at radius 2 is 1.95 bits per heavy atom. The lowest BCUT2D eigenvalue weighted by atomic mass is 9.72. The number of likely N-dealkylation sites (tertiary alicyclic amines) is 1. The predicted molar refractivity (Wildman–Crippen MR) is 140 cm³/mol. The van der Waals surface area contributed by atoms with Crippen molar-refractivity contribution in [3.8, 4) is 22.9 Å². The molecular formula is C27H32F2N8O2. The molecule has 12 heteroatoms. The highest BCUT2D eigenvalue weighted by Gasteiger charge is 2.47. The zero-order chi connectivity index (χ0) is 27.1. The van der Waals surface area contributed by atoms with Gasteiger partial charge in [-0.05, 0) is 44.9 Å². The summed E-state index contributed by atoms with van der Waals surface area (Å²) in [5.74, 6) is 1.69. The molecule has 1 spiro atoms. The van der Waals surface area contributed by atoms with E-state index in [0.717, 1.165) is 25.9 Å². The van der Waals surface area contributed by atoms with Gasteiger partial charge in [-0.25, -0.2) is 28.4 Å². The molecule has 39 heavy (non-hydrogen) atoms. The number of anilines is 1. The smallest absolute Gasteiger partial charge is 0.239 e. The number of alkyl halides is 1. The largest absolute Gasteiger partial charge is 0.451 e. The van der Waals surface area contributed by atoms with E-state index in [9.17, 15) is 13.6 Å². The van der Waals surface area contributed by atoms with E-state index in [0.29, 0.717) is 41.8 Å². The Bertz CT molecular complexity index is 1350. The molecule has 2 aromatic heterocycles. The molecule has 3 fully saturated rings. The van der Waals surface area contributed by atoms with Gasteiger partial charge in [-0.15, -0.1) is 0 Å². The third-order valence-corrected chi connectivity index (χ3v) is 7.99. The summed E-state index contributed by atoms with van der Waals surface area (Å²) in [6.45, 7) is 7.13. The SMILES string of the molecule is CC(C)n1ncnc1-c1cc(F)ccc1Oc1cncnc1N1CC2(CCN(C(=O)[C@@H]3C[C@@H](F)CN3)CC2)C1. The van der Waals surface area contributed by atoms with Crippen LogP contribution in [0.15, 0.2) is 37.1 Å². The van der Waals surface area contributed by atoms with Crippen LogP contribution in [0.3, 0.4) is 0 Å². The first-order valence-electron chi connectivity index (χ1n) is 13.4. The molecule has 0 unspecified atom stereocenters. The van der Waals surface area contributed by atoms with Crippen LogP contribution in [-0.2, 0) is 4.79 Å². The van der Waals surface area contributed by atoms with Crippen molar-refractivity contribution < 1.29 is 18.3 Å². The van der Waals surface area contributed by atoms with Crippen LogP contribution in [0.4, 0.5) is 14.6 Å². The average molecular weight is 539 g/mol. The van der Waals surface area contributed by atoms with Gasteiger partial charge in [0.1, 0.15) is 30.4 Å². The number of carbonyl (C=O) groups is 1. The molecule has 3 aromatic rings. The van der Waals surface area contributed by atoms with Crippen molar-refractivity contribution in [3.05, 3.63) is 42.9 Å². The fraction of sp³-hybridized carbons (Fsp3) is 0.519. The third kappa shape index (κ3) is 4.93. The first kappa shape index (κ1) is 25.6. The third-order valence-electron chi connectivity index (χ3n) is 7.99. The highest BCUT2D eigenvalue weighted by molar-refractivity contribution is 5.82. The maximum absolute atomic E-state index is 14.3. The molecule has 206 valence electrons. The summed E-state index contributed by atoms with van der Waals surface area (Å²) in [5.41, 5.74) is 0.586. The molecule has 0 aliphatic carbocycles. The number of carbonyl (C=O) groups excluding carboxylic acids is 1. The van der Waals surface area contributed by atoms with Crippen molar-refractivity contribution in [2.45, 2.75) is 51.4 Å². The summed E-state index contributed by atoms with van der Waals surface area (Å²) in [5, 5.41) is 7.28. The van der Waals surface area contributed by atoms with Gasteiger partial charge in [-0.3, -0.25) is 4.79 Å². The van der Waals surface area contributed by atoms with E-state index >= 15 is 0 Å². The van der Waals surface area contributed by atoms with Crippen LogP contribution in [0.2, 0.25) is 0 Å². The van der Waals surface area contributed by atoms with E-state index < -0.39 is 18.0 Å². The summed E-state index contributed by atoms with van der Waals surface area (Å²) >= 11 is 0. The molecule has 0 bridgehead atoms. The summed E-state index contributed by atoms with van der Waals surface area (Å²) in [4.78, 5) is 29.8. The maximum atomic E-state index is 14.3. The van der Waals surface area contributed by atoms with Crippen LogP contribution >= 0.6 is 0 Å². The predicted octanol–water partition coefficient (Wildman–Crippen LogP) is 3.38. The van der Waals surface area contributed by atoms with Crippen LogP contribution in [0, 0.1) is 11.2 Å². The number of hydrogen-bond donors (Lipinski definition) is 1. The first-order chi connectivity index (χ1) is 18.8. The second-order valence-corrected chi connectivity index (χ2v) is 11.1. The van der Waals surface area contributed by atoms with Crippen molar-refractivity contribution in [3.63, 3.8) is 0 Å². The number of aromatic nitrogens is 5. The molecule has 3 aliphatic heterocycles. The van der Waals surface area contributed by atoms with Crippen molar-refractivity contribution >= 4 is 11.7 Å². The van der Waals surface area contributed by atoms with Crippen LogP contribution in [0.25, 0.3) is 11.4 Å². The minimum absolute atomic E-state index is 0.0102. The van der Waals surface area contributed by atoms with Crippen molar-refractivity contribution in [1.29, 1.82) is 0 Å². The molecule has 0 saturated carbocycles. The van der Waals surface area contributed by atoms with Gasteiger partial charge in [0, 0.05) is 50.6 Å². The Labute approximate surface area is 225 Å². The molecule has 3 saturated heterocycles. The standard InChI is InChI=1S/C27H32F2N8O2/c1-17(2)37-24(33-16-34-37)20-9-18(28)3-4-22(20)39-23-12-30-15-32-25(23)36-13-27(14-36)5-7-35(8-6-27)26(38)21-10-19(29)11-31-21/h3-4,9,12,15-17,19,21,31H,5-8,10-11,13-14H2,1-2H3/t19-,21+/m1/s1. The number of hydrogen-bond acceptors (Lipinski definition) is 8. The quantitative estimate of drug-likeness (QED) is 0.510. The van der Waals surface area contributed by atoms with E-state index in [1.54, 1.807) is 16.9 Å². The van der Waals surface area contributed by atoms with E-state index in [1.165, 1.54) is 24.8 Å². The number of ether oxygens (including phenoxy) is 1. The fourth-order valence-electron chi connectivity index (χ4n) is 5.86. The summed E-state index contributed by atoms with van der Waals surface area (Å²) in [7, 11) is 0. The second kappa shape index (κ2) is 10.1. The van der Waals surface area contributed by atoms with Crippen LogP contribution < -0.4 is 15.0 Å². The molecule has 5 heterocycles. The number of piperidine rings is 1. The average Bonchev–Trinajstić information content (AvgIpc) is 3.58. The van der Waals surface area contributed by atoms with E-state index in [-0.39, 0.29) is 30.3 Å². The molecule has 10 nitrogen and oxygen atoms in total. The summed E-state index contributed by atoms with van der Waals surface area (Å²) < 4.78 is 35.8. The number of nitrogens with one attached hydrogen (secondary N) is 1. The van der Waals surface area contributed by atoms with Gasteiger partial charge in [-0.1, -0.05) is 0 Å². The number of amides is 1. The van der Waals surface area contributed by atoms with Gasteiger partial charge in [0.15, 0.2) is 17.4 Å². The van der Waals surface area contributed by atoms with Crippen molar-refractivity contribution in [1.82, 2.24) is 34.9 Å². The number of benzene rings is 1. The monoisotopic (exact) mass is 538 g/mol. The molecular weight excluding hydrogens is 506 g/mol. The Morgan fingerprint density at radius 3 is 2.67 bits per heavy atom. The number of nitrogens with zero attached hydrogens (tertiary/aromatic N) is 7. The van der Waals surface area contributed by atoms with Crippen LogP contribution in [-0.4, -0.2) is 80.5 Å². The molecule has 2 atom stereocenters. The lowest BCUT2D eigenvalue weighted by Gasteiger charge is -2.54. The van der Waals surface area contributed by atoms with Crippen molar-refractivity contribution in [2.75, 3.05) is 37.6 Å². The van der Waals surface area contributed by atoms with E-state index in [2.05, 4.69) is 30.3 Å². The maximum Gasteiger partial charge on any atom is 0.239 e. The Morgan fingerprint density at radius 1 is 1.15 bits per heavy atom. The van der Waals surface area contributed by atoms with Gasteiger partial charge in [0.2, 0.25) is 5.91 Å². The minimum atomic E-state index is -0.945. The number of halogens is 2. The highest BCUT2D eigenvalue weighted by atomic mass is 19.1. The Kier molecular flexibility index (Phi) is 6.66. The second-order valence-electron chi connectivity index (χ2n) is 11.1. The van der Waals surface area contributed by atoms with Gasteiger partial charge in [0.25, 0.3) is 0 Å². The molecule has 6 rings (SSSR count). The lowest BCUT2D eigenvalue weighted by molar-refractivity contribution is -0.135. The van der Waals surface area contributed by atoms with Gasteiger partial charge in [0.05, 0.1) is 17.8 Å².